The molecule has 1 atom stereocenters. The second kappa shape index (κ2) is 9.59. The molecule has 4 rings (SSSR count). The predicted octanol–water partition coefficient (Wildman–Crippen LogP) is 4.02. The van der Waals surface area contributed by atoms with Crippen LogP contribution in [0.2, 0.25) is 0 Å². The topological polar surface area (TPSA) is 98.8 Å². The molecule has 1 aromatic carbocycles. The molecule has 8 heteroatoms. The summed E-state index contributed by atoms with van der Waals surface area (Å²) < 4.78 is 16.6. The van der Waals surface area contributed by atoms with Gasteiger partial charge in [-0.05, 0) is 56.0 Å². The van der Waals surface area contributed by atoms with E-state index in [-0.39, 0.29) is 11.7 Å². The van der Waals surface area contributed by atoms with Crippen LogP contribution in [0.1, 0.15) is 43.2 Å². The number of amides is 1. The summed E-state index contributed by atoms with van der Waals surface area (Å²) >= 11 is 0. The van der Waals surface area contributed by atoms with Crippen LogP contribution in [-0.2, 0) is 9.59 Å². The summed E-state index contributed by atoms with van der Waals surface area (Å²) in [6, 6.07) is 7.30. The molecule has 1 amide bonds. The zero-order valence-corrected chi connectivity index (χ0v) is 20.1. The van der Waals surface area contributed by atoms with Gasteiger partial charge in [0.25, 0.3) is 5.91 Å². The summed E-state index contributed by atoms with van der Waals surface area (Å²) in [7, 11) is 4.62. The molecule has 34 heavy (non-hydrogen) atoms. The molecule has 8 nitrogen and oxygen atoms in total. The Kier molecular flexibility index (Phi) is 6.58. The monoisotopic (exact) mass is 463 g/mol. The fourth-order valence-electron chi connectivity index (χ4n) is 4.68. The number of pyridine rings is 1. The Balaban J connectivity index is 1.88. The molecule has 0 unspecified atom stereocenters. The highest BCUT2D eigenvalue weighted by Crippen LogP contribution is 2.47. The van der Waals surface area contributed by atoms with E-state index in [0.29, 0.717) is 51.9 Å². The third-order valence-electron chi connectivity index (χ3n) is 6.28. The number of aryl methyl sites for hydroxylation is 1. The van der Waals surface area contributed by atoms with Crippen LogP contribution in [0, 0.1) is 6.92 Å². The van der Waals surface area contributed by atoms with Gasteiger partial charge in [0.05, 0.1) is 21.3 Å². The zero-order valence-electron chi connectivity index (χ0n) is 20.1. The van der Waals surface area contributed by atoms with Crippen molar-refractivity contribution in [2.24, 2.45) is 0 Å². The second-order valence-corrected chi connectivity index (χ2v) is 8.35. The van der Waals surface area contributed by atoms with Crippen LogP contribution >= 0.6 is 0 Å². The van der Waals surface area contributed by atoms with E-state index >= 15 is 0 Å². The van der Waals surface area contributed by atoms with Crippen molar-refractivity contribution in [3.8, 4) is 17.2 Å². The van der Waals surface area contributed by atoms with Gasteiger partial charge in [0, 0.05) is 41.1 Å². The van der Waals surface area contributed by atoms with Gasteiger partial charge in [0.1, 0.15) is 5.82 Å². The number of benzene rings is 1. The number of carbonyl (C=O) groups excluding carboxylic acids is 2. The average molecular weight is 464 g/mol. The van der Waals surface area contributed by atoms with Crippen LogP contribution in [0.15, 0.2) is 53.0 Å². The molecule has 1 aromatic heterocycles. The lowest BCUT2D eigenvalue weighted by molar-refractivity contribution is -0.116. The van der Waals surface area contributed by atoms with Gasteiger partial charge in [-0.3, -0.25) is 9.59 Å². The molecule has 178 valence electrons. The van der Waals surface area contributed by atoms with Crippen molar-refractivity contribution >= 4 is 17.5 Å². The second-order valence-electron chi connectivity index (χ2n) is 8.35. The van der Waals surface area contributed by atoms with E-state index < -0.39 is 5.92 Å². The van der Waals surface area contributed by atoms with Crippen LogP contribution in [0.5, 0.6) is 17.2 Å². The van der Waals surface area contributed by atoms with Crippen molar-refractivity contribution in [2.75, 3.05) is 26.6 Å². The summed E-state index contributed by atoms with van der Waals surface area (Å²) in [5.74, 6) is 0.947. The Morgan fingerprint density at radius 2 is 1.79 bits per heavy atom. The van der Waals surface area contributed by atoms with Crippen LogP contribution in [0.3, 0.4) is 0 Å². The van der Waals surface area contributed by atoms with E-state index in [4.69, 9.17) is 14.2 Å². The first kappa shape index (κ1) is 23.4. The van der Waals surface area contributed by atoms with Gasteiger partial charge in [-0.2, -0.15) is 0 Å². The molecular weight excluding hydrogens is 434 g/mol. The molecule has 2 heterocycles. The third kappa shape index (κ3) is 4.11. The lowest BCUT2D eigenvalue weighted by Crippen LogP contribution is -2.35. The van der Waals surface area contributed by atoms with Gasteiger partial charge in [0.15, 0.2) is 17.3 Å². The number of anilines is 1. The van der Waals surface area contributed by atoms with Crippen LogP contribution in [0.4, 0.5) is 5.82 Å². The van der Waals surface area contributed by atoms with Crippen molar-refractivity contribution in [3.05, 3.63) is 64.1 Å². The molecule has 0 radical (unpaired) electrons. The predicted molar refractivity (Wildman–Crippen MR) is 128 cm³/mol. The lowest BCUT2D eigenvalue weighted by atomic mass is 9.75. The minimum absolute atomic E-state index is 0.0271. The standard InChI is InChI=1S/C26H29N3O5/c1-14-8-7-11-27-25(14)29-26(31)21-15(2)28-17-9-6-10-18(30)23(17)22(21)16-12-19(32-3)24(34-5)20(13-16)33-4/h7-8,11-13,22,28H,6,9-10H2,1-5H3,(H,27,29,31)/t22-/m1/s1. The first-order chi connectivity index (χ1) is 16.4. The number of ether oxygens (including phenoxy) is 3. The van der Waals surface area contributed by atoms with Crippen molar-refractivity contribution in [2.45, 2.75) is 39.0 Å². The van der Waals surface area contributed by atoms with Crippen molar-refractivity contribution in [3.63, 3.8) is 0 Å². The Bertz CT molecular complexity index is 1190. The summed E-state index contributed by atoms with van der Waals surface area (Å²) in [4.78, 5) is 31.1. The number of ketones is 1. The van der Waals surface area contributed by atoms with Gasteiger partial charge < -0.3 is 24.8 Å². The Hall–Kier alpha value is -3.81. The fraction of sp³-hybridized carbons (Fsp3) is 0.346. The maximum absolute atomic E-state index is 13.7. The molecule has 0 saturated heterocycles. The molecule has 2 N–H and O–H groups in total. The van der Waals surface area contributed by atoms with E-state index in [0.717, 1.165) is 24.1 Å². The molecular formula is C26H29N3O5. The van der Waals surface area contributed by atoms with Crippen molar-refractivity contribution < 1.29 is 23.8 Å². The number of nitrogens with zero attached hydrogens (tertiary/aromatic N) is 1. The summed E-state index contributed by atoms with van der Waals surface area (Å²) in [5, 5.41) is 6.26. The van der Waals surface area contributed by atoms with Crippen molar-refractivity contribution in [1.29, 1.82) is 0 Å². The third-order valence-corrected chi connectivity index (χ3v) is 6.28. The van der Waals surface area contributed by atoms with E-state index in [1.54, 1.807) is 32.5 Å². The van der Waals surface area contributed by atoms with Crippen LogP contribution in [0.25, 0.3) is 0 Å². The van der Waals surface area contributed by atoms with Crippen LogP contribution in [-0.4, -0.2) is 38.0 Å². The van der Waals surface area contributed by atoms with Gasteiger partial charge in [-0.15, -0.1) is 0 Å². The number of rotatable bonds is 6. The van der Waals surface area contributed by atoms with Crippen LogP contribution < -0.4 is 24.8 Å². The van der Waals surface area contributed by atoms with Crippen molar-refractivity contribution in [1.82, 2.24) is 10.3 Å². The largest absolute Gasteiger partial charge is 0.493 e. The number of methoxy groups -OCH3 is 3. The smallest absolute Gasteiger partial charge is 0.255 e. The molecule has 2 aromatic rings. The van der Waals surface area contributed by atoms with E-state index in [1.807, 2.05) is 26.0 Å². The number of nitrogens with one attached hydrogen (secondary N) is 2. The molecule has 1 aliphatic carbocycles. The number of dihydropyridines is 1. The number of allylic oxidation sites excluding steroid dienone is 3. The molecule has 0 bridgehead atoms. The Labute approximate surface area is 199 Å². The molecule has 1 aliphatic heterocycles. The average Bonchev–Trinajstić information content (AvgIpc) is 2.83. The maximum atomic E-state index is 13.7. The normalized spacial score (nSPS) is 17.7. The number of Topliss-reactive ketones (excluding diaryl/α,β-unsaturated/α-hetero) is 1. The quantitative estimate of drug-likeness (QED) is 0.668. The highest BCUT2D eigenvalue weighted by atomic mass is 16.5. The molecule has 0 fully saturated rings. The zero-order chi connectivity index (χ0) is 24.4. The number of carbonyl (C=O) groups is 2. The van der Waals surface area contributed by atoms with Gasteiger partial charge in [0.2, 0.25) is 5.75 Å². The lowest BCUT2D eigenvalue weighted by Gasteiger charge is -2.35. The number of hydrogen-bond donors (Lipinski definition) is 2. The maximum Gasteiger partial charge on any atom is 0.255 e. The van der Waals surface area contributed by atoms with E-state index in [9.17, 15) is 9.59 Å². The summed E-state index contributed by atoms with van der Waals surface area (Å²) in [6.45, 7) is 3.74. The molecule has 0 saturated carbocycles. The summed E-state index contributed by atoms with van der Waals surface area (Å²) in [6.07, 6.45) is 3.59. The highest BCUT2D eigenvalue weighted by Gasteiger charge is 2.39. The highest BCUT2D eigenvalue weighted by molar-refractivity contribution is 6.09. The van der Waals surface area contributed by atoms with E-state index in [1.165, 1.54) is 7.11 Å². The minimum atomic E-state index is -0.596. The first-order valence-electron chi connectivity index (χ1n) is 11.2. The molecule has 0 spiro atoms. The van der Waals surface area contributed by atoms with Gasteiger partial charge >= 0.3 is 0 Å². The molecule has 2 aliphatic rings. The van der Waals surface area contributed by atoms with Gasteiger partial charge in [-0.1, -0.05) is 6.07 Å². The minimum Gasteiger partial charge on any atom is -0.493 e. The SMILES string of the molecule is COc1cc([C@@H]2C(C(=O)Nc3ncccc3C)=C(C)NC3=C2C(=O)CCC3)cc(OC)c1OC. The first-order valence-corrected chi connectivity index (χ1v) is 11.2. The number of hydrogen-bond acceptors (Lipinski definition) is 7. The Morgan fingerprint density at radius 3 is 2.41 bits per heavy atom. The Morgan fingerprint density at radius 1 is 1.09 bits per heavy atom. The number of aromatic nitrogens is 1. The van der Waals surface area contributed by atoms with E-state index in [2.05, 4.69) is 15.6 Å². The van der Waals surface area contributed by atoms with Gasteiger partial charge in [-0.25, -0.2) is 4.98 Å². The summed E-state index contributed by atoms with van der Waals surface area (Å²) in [5.41, 5.74) is 4.16. The fourth-order valence-corrected chi connectivity index (χ4v) is 4.68.